The molecule has 0 spiro atoms. The summed E-state index contributed by atoms with van der Waals surface area (Å²) in [6.45, 7) is 6.40. The Morgan fingerprint density at radius 1 is 1.26 bits per heavy atom. The van der Waals surface area contributed by atoms with Crippen molar-refractivity contribution in [2.75, 3.05) is 19.8 Å². The molecule has 2 aromatic rings. The van der Waals surface area contributed by atoms with Crippen LogP contribution in [0.15, 0.2) is 42.7 Å². The number of aliphatic hydroxyl groups excluding tert-OH is 1. The molecule has 0 radical (unpaired) electrons. The molecule has 6 nitrogen and oxygen atoms in total. The van der Waals surface area contributed by atoms with Gasteiger partial charge in [0.1, 0.15) is 0 Å². The quantitative estimate of drug-likeness (QED) is 0.843. The fourth-order valence-electron chi connectivity index (χ4n) is 3.29. The van der Waals surface area contributed by atoms with E-state index < -0.39 is 11.7 Å². The average Bonchev–Trinajstić information content (AvgIpc) is 3.07. The van der Waals surface area contributed by atoms with E-state index in [0.717, 1.165) is 11.1 Å². The lowest BCUT2D eigenvalue weighted by atomic mass is 9.96. The average molecular weight is 370 g/mol. The van der Waals surface area contributed by atoms with Crippen molar-refractivity contribution in [1.29, 1.82) is 0 Å². The maximum absolute atomic E-state index is 13.0. The minimum atomic E-state index is -0.992. The number of likely N-dealkylation sites (N-methyl/N-ethyl adjacent to an activating group) is 1. The van der Waals surface area contributed by atoms with Crippen LogP contribution in [0.25, 0.3) is 11.1 Å². The molecule has 2 heterocycles. The van der Waals surface area contributed by atoms with E-state index >= 15 is 0 Å². The fourth-order valence-corrected chi connectivity index (χ4v) is 3.29. The predicted octanol–water partition coefficient (Wildman–Crippen LogP) is 2.20. The van der Waals surface area contributed by atoms with E-state index in [2.05, 4.69) is 4.98 Å². The predicted molar refractivity (Wildman–Crippen MR) is 102 cm³/mol. The summed E-state index contributed by atoms with van der Waals surface area (Å²) in [5.74, 6) is -0.138. The van der Waals surface area contributed by atoms with E-state index in [1.807, 2.05) is 31.2 Å². The number of amides is 1. The van der Waals surface area contributed by atoms with Gasteiger partial charge in [0, 0.05) is 35.6 Å². The zero-order chi connectivity index (χ0) is 19.6. The lowest BCUT2D eigenvalue weighted by molar-refractivity contribution is 0.0520. The zero-order valence-corrected chi connectivity index (χ0v) is 15.9. The van der Waals surface area contributed by atoms with Crippen LogP contribution in [-0.4, -0.2) is 57.9 Å². The maximum atomic E-state index is 13.0. The molecule has 1 fully saturated rings. The Balaban J connectivity index is 1.90. The number of carbonyl (C=O) groups excluding carboxylic acids is 1. The highest BCUT2D eigenvalue weighted by atomic mass is 16.5. The third kappa shape index (κ3) is 4.18. The first-order valence-corrected chi connectivity index (χ1v) is 9.16. The molecule has 1 aliphatic heterocycles. The van der Waals surface area contributed by atoms with E-state index in [1.165, 1.54) is 0 Å². The van der Waals surface area contributed by atoms with Gasteiger partial charge < -0.3 is 19.8 Å². The number of pyridine rings is 1. The summed E-state index contributed by atoms with van der Waals surface area (Å²) in [7, 11) is 0. The van der Waals surface area contributed by atoms with Gasteiger partial charge in [0.2, 0.25) is 0 Å². The van der Waals surface area contributed by atoms with Gasteiger partial charge in [-0.25, -0.2) is 0 Å². The van der Waals surface area contributed by atoms with Gasteiger partial charge in [0.05, 0.1) is 31.0 Å². The molecule has 0 aliphatic carbocycles. The first-order chi connectivity index (χ1) is 12.8. The molecule has 1 aromatic carbocycles. The number of carbonyl (C=O) groups is 1. The Hall–Kier alpha value is -2.28. The number of ether oxygens (including phenoxy) is 1. The number of aliphatic hydroxyl groups is 2. The summed E-state index contributed by atoms with van der Waals surface area (Å²) in [4.78, 5) is 18.9. The lowest BCUT2D eigenvalue weighted by Gasteiger charge is -2.29. The van der Waals surface area contributed by atoms with Gasteiger partial charge in [-0.2, -0.15) is 0 Å². The second kappa shape index (κ2) is 7.76. The van der Waals surface area contributed by atoms with Crippen molar-refractivity contribution in [3.63, 3.8) is 0 Å². The third-order valence-corrected chi connectivity index (χ3v) is 4.91. The van der Waals surface area contributed by atoms with Crippen molar-refractivity contribution in [1.82, 2.24) is 9.88 Å². The van der Waals surface area contributed by atoms with Gasteiger partial charge in [0.15, 0.2) is 0 Å². The van der Waals surface area contributed by atoms with Crippen molar-refractivity contribution in [2.45, 2.75) is 38.5 Å². The largest absolute Gasteiger partial charge is 0.388 e. The van der Waals surface area contributed by atoms with Crippen LogP contribution in [-0.2, 0) is 10.3 Å². The van der Waals surface area contributed by atoms with E-state index in [0.29, 0.717) is 24.3 Å². The number of rotatable bonds is 5. The Bertz CT molecular complexity index is 816. The molecule has 2 atom stereocenters. The highest BCUT2D eigenvalue weighted by Gasteiger charge is 2.34. The van der Waals surface area contributed by atoms with E-state index in [9.17, 15) is 15.0 Å². The monoisotopic (exact) mass is 370 g/mol. The van der Waals surface area contributed by atoms with Crippen molar-refractivity contribution in [2.24, 2.45) is 0 Å². The minimum absolute atomic E-state index is 0.138. The van der Waals surface area contributed by atoms with Gasteiger partial charge in [-0.15, -0.1) is 0 Å². The van der Waals surface area contributed by atoms with Crippen LogP contribution in [0.3, 0.4) is 0 Å². The molecular formula is C21H26N2O4. The SMILES string of the molecule is CCN(C(=O)c1cccc(-c2cncc(C(C)(C)O)c2)c1)[C@@H]1COC[C@H]1O. The Kier molecular flexibility index (Phi) is 5.60. The van der Waals surface area contributed by atoms with Crippen LogP contribution >= 0.6 is 0 Å². The van der Waals surface area contributed by atoms with Crippen LogP contribution in [0.4, 0.5) is 0 Å². The minimum Gasteiger partial charge on any atom is -0.388 e. The number of benzene rings is 1. The topological polar surface area (TPSA) is 82.9 Å². The molecular weight excluding hydrogens is 344 g/mol. The summed E-state index contributed by atoms with van der Waals surface area (Å²) in [6, 6.07) is 8.87. The van der Waals surface area contributed by atoms with E-state index in [4.69, 9.17) is 4.74 Å². The number of aromatic nitrogens is 1. The smallest absolute Gasteiger partial charge is 0.254 e. The molecule has 0 saturated carbocycles. The molecule has 1 amide bonds. The maximum Gasteiger partial charge on any atom is 0.254 e. The van der Waals surface area contributed by atoms with Gasteiger partial charge in [-0.3, -0.25) is 9.78 Å². The number of nitrogens with zero attached hydrogens (tertiary/aromatic N) is 2. The van der Waals surface area contributed by atoms with Gasteiger partial charge in [0.25, 0.3) is 5.91 Å². The fraction of sp³-hybridized carbons (Fsp3) is 0.429. The van der Waals surface area contributed by atoms with Crippen molar-refractivity contribution < 1.29 is 19.7 Å². The molecule has 2 N–H and O–H groups in total. The second-order valence-corrected chi connectivity index (χ2v) is 7.37. The van der Waals surface area contributed by atoms with Crippen LogP contribution in [0.5, 0.6) is 0 Å². The molecule has 1 saturated heterocycles. The normalized spacial score (nSPS) is 19.9. The first-order valence-electron chi connectivity index (χ1n) is 9.16. The molecule has 0 bridgehead atoms. The summed E-state index contributed by atoms with van der Waals surface area (Å²) in [5, 5.41) is 20.3. The molecule has 144 valence electrons. The summed E-state index contributed by atoms with van der Waals surface area (Å²) < 4.78 is 5.30. The first kappa shape index (κ1) is 19.5. The molecule has 3 rings (SSSR count). The van der Waals surface area contributed by atoms with Gasteiger partial charge in [-0.1, -0.05) is 12.1 Å². The lowest BCUT2D eigenvalue weighted by Crippen LogP contribution is -2.46. The van der Waals surface area contributed by atoms with Crippen molar-refractivity contribution in [3.05, 3.63) is 53.9 Å². The molecule has 27 heavy (non-hydrogen) atoms. The van der Waals surface area contributed by atoms with Gasteiger partial charge in [-0.05, 0) is 44.5 Å². The Morgan fingerprint density at radius 2 is 2.04 bits per heavy atom. The standard InChI is InChI=1S/C21H26N2O4/c1-4-23(18-12-27-13-19(18)24)20(25)15-7-5-6-14(8-15)16-9-17(11-22-10-16)21(2,3)26/h5-11,18-19,24,26H,4,12-13H2,1-3H3/t18-,19-/m1/s1. The van der Waals surface area contributed by atoms with E-state index in [-0.39, 0.29) is 18.6 Å². The molecule has 1 aliphatic rings. The summed E-state index contributed by atoms with van der Waals surface area (Å²) >= 11 is 0. The second-order valence-electron chi connectivity index (χ2n) is 7.37. The Labute approximate surface area is 159 Å². The number of hydrogen-bond acceptors (Lipinski definition) is 5. The molecule has 0 unspecified atom stereocenters. The van der Waals surface area contributed by atoms with Gasteiger partial charge >= 0.3 is 0 Å². The van der Waals surface area contributed by atoms with Crippen LogP contribution in [0.2, 0.25) is 0 Å². The highest BCUT2D eigenvalue weighted by Crippen LogP contribution is 2.26. The molecule has 6 heteroatoms. The number of hydrogen-bond donors (Lipinski definition) is 2. The van der Waals surface area contributed by atoms with Crippen molar-refractivity contribution in [3.8, 4) is 11.1 Å². The van der Waals surface area contributed by atoms with Crippen LogP contribution in [0, 0.1) is 0 Å². The summed E-state index contributed by atoms with van der Waals surface area (Å²) in [5.41, 5.74) is 1.93. The van der Waals surface area contributed by atoms with Crippen LogP contribution in [0.1, 0.15) is 36.7 Å². The highest BCUT2D eigenvalue weighted by molar-refractivity contribution is 5.95. The third-order valence-electron chi connectivity index (χ3n) is 4.91. The zero-order valence-electron chi connectivity index (χ0n) is 15.9. The summed E-state index contributed by atoms with van der Waals surface area (Å²) in [6.07, 6.45) is 2.69. The Morgan fingerprint density at radius 3 is 2.67 bits per heavy atom. The van der Waals surface area contributed by atoms with Crippen LogP contribution < -0.4 is 0 Å². The molecule has 1 aromatic heterocycles. The van der Waals surface area contributed by atoms with E-state index in [1.54, 1.807) is 37.2 Å². The van der Waals surface area contributed by atoms with Crippen molar-refractivity contribution >= 4 is 5.91 Å².